The number of amides is 1. The molecule has 27 heavy (non-hydrogen) atoms. The average molecular weight is 366 g/mol. The summed E-state index contributed by atoms with van der Waals surface area (Å²) in [5.41, 5.74) is 9.08. The van der Waals surface area contributed by atoms with E-state index in [4.69, 9.17) is 0 Å². The summed E-state index contributed by atoms with van der Waals surface area (Å²) in [7, 11) is 0. The van der Waals surface area contributed by atoms with Gasteiger partial charge in [0.05, 0.1) is 12.2 Å². The van der Waals surface area contributed by atoms with Gasteiger partial charge in [-0.25, -0.2) is 0 Å². The second-order valence-electron chi connectivity index (χ2n) is 6.68. The molecule has 0 atom stereocenters. The first-order valence-corrected chi connectivity index (χ1v) is 9.35. The molecule has 7 heteroatoms. The number of benzene rings is 1. The molecule has 1 aromatic carbocycles. The molecule has 142 valence electrons. The van der Waals surface area contributed by atoms with Gasteiger partial charge in [0, 0.05) is 44.6 Å². The number of likely N-dealkylation sites (tertiary alicyclic amines) is 1. The Morgan fingerprint density at radius 2 is 2.07 bits per heavy atom. The van der Waals surface area contributed by atoms with Crippen LogP contribution in [0.3, 0.4) is 0 Å². The van der Waals surface area contributed by atoms with Crippen LogP contribution in [0.15, 0.2) is 60.7 Å². The Balaban J connectivity index is 0.00000225. The van der Waals surface area contributed by atoms with Gasteiger partial charge in [-0.3, -0.25) is 20.3 Å². The molecule has 2 aliphatic rings. The Bertz CT molecular complexity index is 855. The molecule has 2 aromatic rings. The zero-order valence-electron chi connectivity index (χ0n) is 15.2. The topological polar surface area (TPSA) is 74.2 Å². The highest BCUT2D eigenvalue weighted by atomic mass is 16.1. The molecule has 1 fully saturated rings. The number of hydrogen-bond acceptors (Lipinski definition) is 5. The van der Waals surface area contributed by atoms with Crippen LogP contribution in [-0.2, 0) is 6.54 Å². The standard InChI is InChI=1S/C20H24N6O.H2/c27-20(21-10-14-26-13-4-9-22-26)17-6-3-5-16(15-17)18-7-8-19(24-23-18)25-11-1-2-12-25;/h3-9,13,15,23-24H,1-2,10-12,14H2,(H,21,27);1H. The summed E-state index contributed by atoms with van der Waals surface area (Å²) in [5.74, 6) is 1.02. The highest BCUT2D eigenvalue weighted by Crippen LogP contribution is 2.19. The van der Waals surface area contributed by atoms with Gasteiger partial charge in [0.25, 0.3) is 5.91 Å². The van der Waals surface area contributed by atoms with Crippen LogP contribution in [0.5, 0.6) is 0 Å². The van der Waals surface area contributed by atoms with Crippen LogP contribution >= 0.6 is 0 Å². The molecule has 0 bridgehead atoms. The fourth-order valence-electron chi connectivity index (χ4n) is 3.33. The fraction of sp³-hybridized carbons (Fsp3) is 0.300. The van der Waals surface area contributed by atoms with Gasteiger partial charge < -0.3 is 10.2 Å². The smallest absolute Gasteiger partial charge is 0.251 e. The molecule has 0 radical (unpaired) electrons. The van der Waals surface area contributed by atoms with Crippen molar-refractivity contribution in [3.05, 3.63) is 71.8 Å². The van der Waals surface area contributed by atoms with Crippen LogP contribution in [-0.4, -0.2) is 40.2 Å². The van der Waals surface area contributed by atoms with Crippen LogP contribution in [0, 0.1) is 0 Å². The molecule has 1 saturated heterocycles. The number of allylic oxidation sites excluding steroid dienone is 2. The average Bonchev–Trinajstić information content (AvgIpc) is 3.42. The third kappa shape index (κ3) is 4.13. The number of hydrazine groups is 1. The Morgan fingerprint density at radius 3 is 2.81 bits per heavy atom. The minimum Gasteiger partial charge on any atom is -0.357 e. The lowest BCUT2D eigenvalue weighted by Gasteiger charge is -2.27. The highest BCUT2D eigenvalue weighted by molar-refractivity contribution is 5.95. The number of carbonyl (C=O) groups excluding carboxylic acids is 1. The lowest BCUT2D eigenvalue weighted by molar-refractivity contribution is 0.0952. The molecule has 0 unspecified atom stereocenters. The molecule has 3 heterocycles. The maximum absolute atomic E-state index is 12.4. The van der Waals surface area contributed by atoms with E-state index in [0.717, 1.165) is 30.2 Å². The summed E-state index contributed by atoms with van der Waals surface area (Å²) >= 11 is 0. The van der Waals surface area contributed by atoms with Gasteiger partial charge in [-0.05, 0) is 43.2 Å². The van der Waals surface area contributed by atoms with Crippen molar-refractivity contribution in [1.82, 2.24) is 30.8 Å². The van der Waals surface area contributed by atoms with E-state index < -0.39 is 0 Å². The molecule has 0 saturated carbocycles. The second kappa shape index (κ2) is 7.99. The maximum Gasteiger partial charge on any atom is 0.251 e. The predicted molar refractivity (Wildman–Crippen MR) is 106 cm³/mol. The first-order valence-electron chi connectivity index (χ1n) is 9.35. The maximum atomic E-state index is 12.4. The Hall–Kier alpha value is -3.22. The monoisotopic (exact) mass is 366 g/mol. The van der Waals surface area contributed by atoms with Crippen molar-refractivity contribution in [3.63, 3.8) is 0 Å². The predicted octanol–water partition coefficient (Wildman–Crippen LogP) is 1.94. The zero-order valence-corrected chi connectivity index (χ0v) is 15.2. The summed E-state index contributed by atoms with van der Waals surface area (Å²) in [5, 5.41) is 7.07. The summed E-state index contributed by atoms with van der Waals surface area (Å²) in [6.45, 7) is 3.38. The quantitative estimate of drug-likeness (QED) is 0.729. The molecule has 0 spiro atoms. The van der Waals surface area contributed by atoms with Crippen LogP contribution in [0.2, 0.25) is 0 Å². The van der Waals surface area contributed by atoms with Gasteiger partial charge in [-0.1, -0.05) is 12.1 Å². The molecule has 1 amide bonds. The summed E-state index contributed by atoms with van der Waals surface area (Å²) in [6.07, 6.45) is 10.2. The van der Waals surface area contributed by atoms with Gasteiger partial charge in [0.1, 0.15) is 5.82 Å². The molecule has 3 N–H and O–H groups in total. The number of aromatic nitrogens is 2. The van der Waals surface area contributed by atoms with Gasteiger partial charge in [-0.2, -0.15) is 5.10 Å². The van der Waals surface area contributed by atoms with Gasteiger partial charge >= 0.3 is 0 Å². The van der Waals surface area contributed by atoms with Gasteiger partial charge in [0.15, 0.2) is 0 Å². The lowest BCUT2D eigenvalue weighted by atomic mass is 10.1. The van der Waals surface area contributed by atoms with E-state index >= 15 is 0 Å². The van der Waals surface area contributed by atoms with E-state index in [0.29, 0.717) is 18.7 Å². The molecule has 4 rings (SSSR count). The van der Waals surface area contributed by atoms with Crippen LogP contribution in [0.1, 0.15) is 30.2 Å². The third-order valence-electron chi connectivity index (χ3n) is 4.80. The second-order valence-corrected chi connectivity index (χ2v) is 6.68. The molecule has 2 aliphatic heterocycles. The first kappa shape index (κ1) is 17.2. The third-order valence-corrected chi connectivity index (χ3v) is 4.80. The Kier molecular flexibility index (Phi) is 5.09. The van der Waals surface area contributed by atoms with Crippen molar-refractivity contribution in [2.75, 3.05) is 19.6 Å². The van der Waals surface area contributed by atoms with E-state index in [1.54, 1.807) is 10.9 Å². The van der Waals surface area contributed by atoms with Crippen LogP contribution in [0.25, 0.3) is 5.70 Å². The fourth-order valence-corrected chi connectivity index (χ4v) is 3.33. The number of nitrogens with zero attached hydrogens (tertiary/aromatic N) is 3. The zero-order chi connectivity index (χ0) is 18.5. The van der Waals surface area contributed by atoms with Crippen molar-refractivity contribution < 1.29 is 6.22 Å². The van der Waals surface area contributed by atoms with Crippen LogP contribution in [0.4, 0.5) is 0 Å². The Morgan fingerprint density at radius 1 is 1.19 bits per heavy atom. The highest BCUT2D eigenvalue weighted by Gasteiger charge is 2.17. The molecular weight excluding hydrogens is 340 g/mol. The first-order chi connectivity index (χ1) is 13.3. The van der Waals surface area contributed by atoms with Crippen molar-refractivity contribution in [3.8, 4) is 0 Å². The SMILES string of the molecule is O=C(NCCn1cccn1)c1cccc(C2=CC=C(N3CCCC3)NN2)c1.[HH]. The van der Waals surface area contributed by atoms with Gasteiger partial charge in [0.2, 0.25) is 0 Å². The normalized spacial score (nSPS) is 16.2. The van der Waals surface area contributed by atoms with Crippen molar-refractivity contribution in [2.24, 2.45) is 0 Å². The largest absolute Gasteiger partial charge is 0.357 e. The molecular formula is C20H26N6O. The summed E-state index contributed by atoms with van der Waals surface area (Å²) < 4.78 is 1.80. The molecule has 0 aliphatic carbocycles. The number of rotatable bonds is 6. The minimum atomic E-state index is -0.0818. The molecule has 1 aromatic heterocycles. The van der Waals surface area contributed by atoms with Crippen molar-refractivity contribution in [2.45, 2.75) is 19.4 Å². The van der Waals surface area contributed by atoms with E-state index in [1.165, 1.54) is 12.8 Å². The van der Waals surface area contributed by atoms with Crippen molar-refractivity contribution in [1.29, 1.82) is 0 Å². The number of hydrogen-bond donors (Lipinski definition) is 3. The minimum absolute atomic E-state index is 0. The Labute approximate surface area is 160 Å². The van der Waals surface area contributed by atoms with E-state index in [2.05, 4.69) is 38.3 Å². The van der Waals surface area contributed by atoms with E-state index in [9.17, 15) is 4.79 Å². The van der Waals surface area contributed by atoms with Crippen molar-refractivity contribution >= 4 is 11.6 Å². The lowest BCUT2D eigenvalue weighted by Crippen LogP contribution is -2.39. The summed E-state index contributed by atoms with van der Waals surface area (Å²) in [6, 6.07) is 9.50. The van der Waals surface area contributed by atoms with Crippen LogP contribution < -0.4 is 16.2 Å². The number of nitrogens with one attached hydrogen (secondary N) is 3. The summed E-state index contributed by atoms with van der Waals surface area (Å²) in [4.78, 5) is 14.8. The van der Waals surface area contributed by atoms with E-state index in [-0.39, 0.29) is 7.33 Å². The number of carbonyl (C=O) groups is 1. The van der Waals surface area contributed by atoms with E-state index in [1.807, 2.05) is 36.5 Å². The molecule has 7 nitrogen and oxygen atoms in total. The van der Waals surface area contributed by atoms with Gasteiger partial charge in [-0.15, -0.1) is 0 Å².